The molecule has 2 aromatic carbocycles. The SMILES string of the molecule is c1ccc(Oc2cccc(OCC3CCCNC3)c2)cc1. The molecule has 1 fully saturated rings. The first-order valence-corrected chi connectivity index (χ1v) is 7.56. The lowest BCUT2D eigenvalue weighted by molar-refractivity contribution is 0.218. The van der Waals surface area contributed by atoms with Gasteiger partial charge in [-0.05, 0) is 43.7 Å². The fourth-order valence-electron chi connectivity index (χ4n) is 2.53. The Bertz CT molecular complexity index is 550. The van der Waals surface area contributed by atoms with E-state index in [2.05, 4.69) is 5.32 Å². The topological polar surface area (TPSA) is 30.5 Å². The summed E-state index contributed by atoms with van der Waals surface area (Å²) in [5.41, 5.74) is 0. The highest BCUT2D eigenvalue weighted by atomic mass is 16.5. The molecule has 1 aliphatic rings. The summed E-state index contributed by atoms with van der Waals surface area (Å²) < 4.78 is 11.7. The summed E-state index contributed by atoms with van der Waals surface area (Å²) in [5, 5.41) is 3.41. The van der Waals surface area contributed by atoms with E-state index in [-0.39, 0.29) is 0 Å². The van der Waals surface area contributed by atoms with Crippen LogP contribution in [0.5, 0.6) is 17.2 Å². The van der Waals surface area contributed by atoms with Crippen LogP contribution in [0.1, 0.15) is 12.8 Å². The van der Waals surface area contributed by atoms with E-state index in [1.807, 2.05) is 54.6 Å². The van der Waals surface area contributed by atoms with Gasteiger partial charge >= 0.3 is 0 Å². The second-order valence-electron chi connectivity index (χ2n) is 5.41. The van der Waals surface area contributed by atoms with Gasteiger partial charge in [-0.1, -0.05) is 24.3 Å². The van der Waals surface area contributed by atoms with Gasteiger partial charge in [0.25, 0.3) is 0 Å². The van der Waals surface area contributed by atoms with Crippen molar-refractivity contribution >= 4 is 0 Å². The minimum absolute atomic E-state index is 0.609. The quantitative estimate of drug-likeness (QED) is 0.904. The van der Waals surface area contributed by atoms with Crippen LogP contribution in [-0.2, 0) is 0 Å². The summed E-state index contributed by atoms with van der Waals surface area (Å²) in [6, 6.07) is 17.6. The largest absolute Gasteiger partial charge is 0.493 e. The van der Waals surface area contributed by atoms with Crippen molar-refractivity contribution in [2.75, 3.05) is 19.7 Å². The predicted molar refractivity (Wildman–Crippen MR) is 84.0 cm³/mol. The number of para-hydroxylation sites is 1. The maximum Gasteiger partial charge on any atom is 0.131 e. The van der Waals surface area contributed by atoms with Crippen LogP contribution in [0.2, 0.25) is 0 Å². The molecule has 0 spiro atoms. The highest BCUT2D eigenvalue weighted by Crippen LogP contribution is 2.25. The number of nitrogens with one attached hydrogen (secondary N) is 1. The van der Waals surface area contributed by atoms with Crippen molar-refractivity contribution in [3.63, 3.8) is 0 Å². The third-order valence-electron chi connectivity index (χ3n) is 3.67. The second kappa shape index (κ2) is 7.14. The fourth-order valence-corrected chi connectivity index (χ4v) is 2.53. The van der Waals surface area contributed by atoms with Crippen LogP contribution in [0, 0.1) is 5.92 Å². The van der Waals surface area contributed by atoms with Gasteiger partial charge in [0, 0.05) is 18.5 Å². The zero-order valence-electron chi connectivity index (χ0n) is 12.1. The van der Waals surface area contributed by atoms with E-state index in [9.17, 15) is 0 Å². The number of piperidine rings is 1. The third kappa shape index (κ3) is 4.23. The molecule has 1 N–H and O–H groups in total. The molecule has 0 aromatic heterocycles. The molecule has 1 saturated heterocycles. The Hall–Kier alpha value is -2.00. The lowest BCUT2D eigenvalue weighted by atomic mass is 10.0. The second-order valence-corrected chi connectivity index (χ2v) is 5.41. The van der Waals surface area contributed by atoms with E-state index in [1.54, 1.807) is 0 Å². The first-order chi connectivity index (χ1) is 10.4. The van der Waals surface area contributed by atoms with E-state index in [1.165, 1.54) is 12.8 Å². The van der Waals surface area contributed by atoms with Crippen molar-refractivity contribution in [3.05, 3.63) is 54.6 Å². The molecule has 0 amide bonds. The minimum Gasteiger partial charge on any atom is -0.493 e. The number of hydrogen-bond acceptors (Lipinski definition) is 3. The van der Waals surface area contributed by atoms with Crippen LogP contribution in [0.3, 0.4) is 0 Å². The van der Waals surface area contributed by atoms with Gasteiger partial charge in [-0.2, -0.15) is 0 Å². The lowest BCUT2D eigenvalue weighted by Crippen LogP contribution is -2.33. The average Bonchev–Trinajstić information content (AvgIpc) is 2.55. The maximum atomic E-state index is 5.90. The van der Waals surface area contributed by atoms with Crippen molar-refractivity contribution in [1.29, 1.82) is 0 Å². The Labute approximate surface area is 125 Å². The Balaban J connectivity index is 1.57. The highest BCUT2D eigenvalue weighted by Gasteiger charge is 2.13. The van der Waals surface area contributed by atoms with Crippen molar-refractivity contribution in [1.82, 2.24) is 5.32 Å². The Kier molecular flexibility index (Phi) is 4.74. The molecule has 0 bridgehead atoms. The smallest absolute Gasteiger partial charge is 0.131 e. The molecule has 0 saturated carbocycles. The molecule has 110 valence electrons. The first-order valence-electron chi connectivity index (χ1n) is 7.56. The number of hydrogen-bond donors (Lipinski definition) is 1. The van der Waals surface area contributed by atoms with Crippen LogP contribution in [0.4, 0.5) is 0 Å². The van der Waals surface area contributed by atoms with Crippen LogP contribution in [0.25, 0.3) is 0 Å². The molecule has 0 aliphatic carbocycles. The molecule has 3 nitrogen and oxygen atoms in total. The molecule has 3 rings (SSSR count). The van der Waals surface area contributed by atoms with Gasteiger partial charge in [-0.3, -0.25) is 0 Å². The number of rotatable bonds is 5. The Morgan fingerprint density at radius 3 is 2.57 bits per heavy atom. The van der Waals surface area contributed by atoms with Gasteiger partial charge in [0.1, 0.15) is 17.2 Å². The van der Waals surface area contributed by atoms with Gasteiger partial charge in [0.2, 0.25) is 0 Å². The average molecular weight is 283 g/mol. The summed E-state index contributed by atoms with van der Waals surface area (Å²) in [5.74, 6) is 3.12. The molecule has 21 heavy (non-hydrogen) atoms. The summed E-state index contributed by atoms with van der Waals surface area (Å²) in [6.07, 6.45) is 2.48. The van der Waals surface area contributed by atoms with Crippen LogP contribution < -0.4 is 14.8 Å². The zero-order valence-corrected chi connectivity index (χ0v) is 12.1. The van der Waals surface area contributed by atoms with Gasteiger partial charge in [-0.15, -0.1) is 0 Å². The molecule has 0 radical (unpaired) electrons. The van der Waals surface area contributed by atoms with Gasteiger partial charge in [-0.25, -0.2) is 0 Å². The summed E-state index contributed by atoms with van der Waals surface area (Å²) in [4.78, 5) is 0. The van der Waals surface area contributed by atoms with Crippen LogP contribution in [-0.4, -0.2) is 19.7 Å². The standard InChI is InChI=1S/C18H21NO2/c1-2-7-16(8-3-1)21-18-10-4-9-17(12-18)20-14-15-6-5-11-19-13-15/h1-4,7-10,12,15,19H,5-6,11,13-14H2. The van der Waals surface area contributed by atoms with Crippen LogP contribution >= 0.6 is 0 Å². The van der Waals surface area contributed by atoms with Crippen LogP contribution in [0.15, 0.2) is 54.6 Å². The lowest BCUT2D eigenvalue weighted by Gasteiger charge is -2.22. The number of benzene rings is 2. The molecule has 3 heteroatoms. The van der Waals surface area contributed by atoms with Gasteiger partial charge in [0.05, 0.1) is 6.61 Å². The molecule has 2 aromatic rings. The molecular weight excluding hydrogens is 262 g/mol. The van der Waals surface area contributed by atoms with Crippen molar-refractivity contribution in [2.24, 2.45) is 5.92 Å². The van der Waals surface area contributed by atoms with E-state index >= 15 is 0 Å². The van der Waals surface area contributed by atoms with E-state index in [0.29, 0.717) is 5.92 Å². The Morgan fingerprint density at radius 1 is 0.952 bits per heavy atom. The monoisotopic (exact) mass is 283 g/mol. The molecule has 1 atom stereocenters. The Morgan fingerprint density at radius 2 is 1.76 bits per heavy atom. The van der Waals surface area contributed by atoms with E-state index < -0.39 is 0 Å². The zero-order chi connectivity index (χ0) is 14.3. The van der Waals surface area contributed by atoms with E-state index in [4.69, 9.17) is 9.47 Å². The van der Waals surface area contributed by atoms with Crippen molar-refractivity contribution < 1.29 is 9.47 Å². The van der Waals surface area contributed by atoms with Crippen molar-refractivity contribution in [3.8, 4) is 17.2 Å². The highest BCUT2D eigenvalue weighted by molar-refractivity contribution is 5.36. The molecule has 1 heterocycles. The van der Waals surface area contributed by atoms with Crippen molar-refractivity contribution in [2.45, 2.75) is 12.8 Å². The summed E-state index contributed by atoms with van der Waals surface area (Å²) >= 11 is 0. The van der Waals surface area contributed by atoms with E-state index in [0.717, 1.165) is 36.9 Å². The minimum atomic E-state index is 0.609. The molecular formula is C18H21NO2. The predicted octanol–water partition coefficient (Wildman–Crippen LogP) is 3.86. The molecule has 1 aliphatic heterocycles. The summed E-state index contributed by atoms with van der Waals surface area (Å²) in [6.45, 7) is 2.96. The molecule has 1 unspecified atom stereocenters. The first kappa shape index (κ1) is 14.0. The van der Waals surface area contributed by atoms with Gasteiger partial charge in [0.15, 0.2) is 0 Å². The maximum absolute atomic E-state index is 5.90. The fraction of sp³-hybridized carbons (Fsp3) is 0.333. The third-order valence-corrected chi connectivity index (χ3v) is 3.67. The van der Waals surface area contributed by atoms with Gasteiger partial charge < -0.3 is 14.8 Å². The summed E-state index contributed by atoms with van der Waals surface area (Å²) in [7, 11) is 0. The normalized spacial score (nSPS) is 18.2. The number of ether oxygens (including phenoxy) is 2.